The fraction of sp³-hybridized carbons (Fsp3) is 0.259. The summed E-state index contributed by atoms with van der Waals surface area (Å²) in [6.45, 7) is 3.42. The molecule has 3 rings (SSSR count). The van der Waals surface area contributed by atoms with E-state index in [0.29, 0.717) is 23.6 Å². The lowest BCUT2D eigenvalue weighted by atomic mass is 10.1. The summed E-state index contributed by atoms with van der Waals surface area (Å²) in [5.41, 5.74) is 0.792. The van der Waals surface area contributed by atoms with Gasteiger partial charge in [0.05, 0.1) is 15.6 Å². The van der Waals surface area contributed by atoms with Crippen molar-refractivity contribution in [1.82, 2.24) is 10.2 Å². The van der Waals surface area contributed by atoms with Gasteiger partial charge in [-0.2, -0.15) is 0 Å². The molecule has 10 heteroatoms. The third kappa shape index (κ3) is 6.83. The number of sulfonamides is 1. The summed E-state index contributed by atoms with van der Waals surface area (Å²) in [7, 11) is -4.17. The van der Waals surface area contributed by atoms with Crippen LogP contribution in [0.4, 0.5) is 5.69 Å². The number of amides is 2. The summed E-state index contributed by atoms with van der Waals surface area (Å²) in [4.78, 5) is 28.2. The Morgan fingerprint density at radius 3 is 2.05 bits per heavy atom. The van der Waals surface area contributed by atoms with E-state index < -0.39 is 28.5 Å². The van der Waals surface area contributed by atoms with Gasteiger partial charge in [0.2, 0.25) is 11.8 Å². The van der Waals surface area contributed by atoms with Crippen molar-refractivity contribution in [2.75, 3.05) is 17.4 Å². The van der Waals surface area contributed by atoms with Crippen molar-refractivity contribution in [2.24, 2.45) is 0 Å². The van der Waals surface area contributed by atoms with Gasteiger partial charge in [-0.3, -0.25) is 13.9 Å². The highest BCUT2D eigenvalue weighted by Crippen LogP contribution is 2.31. The highest BCUT2D eigenvalue weighted by molar-refractivity contribution is 7.92. The second kappa shape index (κ2) is 12.9. The highest BCUT2D eigenvalue weighted by Gasteiger charge is 2.34. The van der Waals surface area contributed by atoms with Crippen molar-refractivity contribution >= 4 is 50.7 Å². The molecule has 37 heavy (non-hydrogen) atoms. The number of para-hydroxylation sites is 1. The molecule has 0 unspecified atom stereocenters. The lowest BCUT2D eigenvalue weighted by Gasteiger charge is -2.33. The van der Waals surface area contributed by atoms with E-state index in [4.69, 9.17) is 23.2 Å². The second-order valence-corrected chi connectivity index (χ2v) is 10.9. The molecule has 1 N–H and O–H groups in total. The summed E-state index contributed by atoms with van der Waals surface area (Å²) in [6.07, 6.45) is 0.319. The molecule has 0 aliphatic rings. The monoisotopic (exact) mass is 561 g/mol. The van der Waals surface area contributed by atoms with E-state index in [1.54, 1.807) is 74.5 Å². The fourth-order valence-electron chi connectivity index (χ4n) is 3.91. The molecule has 0 aromatic heterocycles. The Balaban J connectivity index is 2.07. The quantitative estimate of drug-likeness (QED) is 0.351. The molecular formula is C27H29Cl2N3O4S. The van der Waals surface area contributed by atoms with Crippen LogP contribution in [-0.2, 0) is 26.2 Å². The standard InChI is InChI=1S/C27H29Cl2N3O4S/c1-3-24(27(34)30-4-2)31(18-20-12-8-9-15-22(20)28)26(33)19-32(25-17-11-10-16-23(25)29)37(35,36)21-13-6-5-7-14-21/h5-17,24H,3-4,18-19H2,1-2H3,(H,30,34)/t24-/m0/s1. The minimum absolute atomic E-state index is 0.0103. The molecule has 0 heterocycles. The zero-order valence-corrected chi connectivity index (χ0v) is 22.9. The molecule has 0 spiro atoms. The van der Waals surface area contributed by atoms with E-state index >= 15 is 0 Å². The molecule has 2 amide bonds. The molecule has 0 saturated heterocycles. The molecule has 0 bridgehead atoms. The van der Waals surface area contributed by atoms with Gasteiger partial charge in [0.15, 0.2) is 0 Å². The number of rotatable bonds is 11. The van der Waals surface area contributed by atoms with Crippen LogP contribution in [0.25, 0.3) is 0 Å². The normalized spacial score (nSPS) is 12.0. The molecule has 0 aliphatic carbocycles. The van der Waals surface area contributed by atoms with Crippen LogP contribution in [0.5, 0.6) is 0 Å². The second-order valence-electron chi connectivity index (χ2n) is 8.21. The lowest BCUT2D eigenvalue weighted by molar-refractivity contribution is -0.140. The molecule has 3 aromatic rings. The van der Waals surface area contributed by atoms with Crippen molar-refractivity contribution in [3.05, 3.63) is 94.5 Å². The molecule has 0 fully saturated rings. The Morgan fingerprint density at radius 1 is 0.865 bits per heavy atom. The number of hydrogen-bond acceptors (Lipinski definition) is 4. The van der Waals surface area contributed by atoms with E-state index in [2.05, 4.69) is 5.32 Å². The van der Waals surface area contributed by atoms with Crippen molar-refractivity contribution in [3.63, 3.8) is 0 Å². The lowest BCUT2D eigenvalue weighted by Crippen LogP contribution is -2.52. The minimum Gasteiger partial charge on any atom is -0.355 e. The largest absolute Gasteiger partial charge is 0.355 e. The molecule has 196 valence electrons. The van der Waals surface area contributed by atoms with Gasteiger partial charge in [-0.15, -0.1) is 0 Å². The van der Waals surface area contributed by atoms with Gasteiger partial charge in [-0.1, -0.05) is 78.7 Å². The predicted molar refractivity (Wildman–Crippen MR) is 147 cm³/mol. The molecule has 0 saturated carbocycles. The zero-order chi connectivity index (χ0) is 27.0. The third-order valence-electron chi connectivity index (χ3n) is 5.77. The third-order valence-corrected chi connectivity index (χ3v) is 8.23. The number of hydrogen-bond donors (Lipinski definition) is 1. The average Bonchev–Trinajstić information content (AvgIpc) is 2.89. The van der Waals surface area contributed by atoms with E-state index in [1.165, 1.54) is 23.1 Å². The number of anilines is 1. The van der Waals surface area contributed by atoms with Gasteiger partial charge >= 0.3 is 0 Å². The number of likely N-dealkylation sites (N-methyl/N-ethyl adjacent to an activating group) is 1. The first-order valence-electron chi connectivity index (χ1n) is 11.8. The van der Waals surface area contributed by atoms with Gasteiger partial charge in [-0.25, -0.2) is 8.42 Å². The Labute approximate surface area is 228 Å². The number of halogens is 2. The molecular weight excluding hydrogens is 533 g/mol. The van der Waals surface area contributed by atoms with E-state index in [1.807, 2.05) is 0 Å². The van der Waals surface area contributed by atoms with Gasteiger partial charge in [-0.05, 0) is 49.2 Å². The Bertz CT molecular complexity index is 1340. The van der Waals surface area contributed by atoms with Gasteiger partial charge in [0.1, 0.15) is 12.6 Å². The van der Waals surface area contributed by atoms with Crippen LogP contribution in [0, 0.1) is 0 Å². The van der Waals surface area contributed by atoms with Crippen molar-refractivity contribution in [1.29, 1.82) is 0 Å². The summed E-state index contributed by atoms with van der Waals surface area (Å²) in [5, 5.41) is 3.37. The number of nitrogens with one attached hydrogen (secondary N) is 1. The summed E-state index contributed by atoms with van der Waals surface area (Å²) in [5.74, 6) is -0.905. The maximum atomic E-state index is 13.9. The first kappa shape index (κ1) is 28.5. The minimum atomic E-state index is -4.17. The average molecular weight is 563 g/mol. The fourth-order valence-corrected chi connectivity index (χ4v) is 5.85. The molecule has 7 nitrogen and oxygen atoms in total. The van der Waals surface area contributed by atoms with Crippen LogP contribution in [0.3, 0.4) is 0 Å². The number of benzene rings is 3. The number of nitrogens with zero attached hydrogens (tertiary/aromatic N) is 2. The SMILES string of the molecule is CCNC(=O)[C@H](CC)N(Cc1ccccc1Cl)C(=O)CN(c1ccccc1Cl)S(=O)(=O)c1ccccc1. The number of carbonyl (C=O) groups is 2. The number of carbonyl (C=O) groups excluding carboxylic acids is 2. The maximum Gasteiger partial charge on any atom is 0.264 e. The first-order valence-corrected chi connectivity index (χ1v) is 14.0. The Morgan fingerprint density at radius 2 is 1.46 bits per heavy atom. The van der Waals surface area contributed by atoms with Crippen LogP contribution in [0.2, 0.25) is 10.0 Å². The van der Waals surface area contributed by atoms with E-state index in [9.17, 15) is 18.0 Å². The van der Waals surface area contributed by atoms with Crippen LogP contribution in [0.15, 0.2) is 83.8 Å². The highest BCUT2D eigenvalue weighted by atomic mass is 35.5. The van der Waals surface area contributed by atoms with Crippen LogP contribution < -0.4 is 9.62 Å². The van der Waals surface area contributed by atoms with Gasteiger partial charge in [0.25, 0.3) is 10.0 Å². The van der Waals surface area contributed by atoms with E-state index in [0.717, 1.165) is 4.31 Å². The molecule has 0 aliphatic heterocycles. The topological polar surface area (TPSA) is 86.8 Å². The van der Waals surface area contributed by atoms with Gasteiger partial charge < -0.3 is 10.2 Å². The smallest absolute Gasteiger partial charge is 0.264 e. The molecule has 0 radical (unpaired) electrons. The van der Waals surface area contributed by atoms with Crippen molar-refractivity contribution < 1.29 is 18.0 Å². The summed E-state index contributed by atoms with van der Waals surface area (Å²) < 4.78 is 28.4. The molecule has 3 aromatic carbocycles. The summed E-state index contributed by atoms with van der Waals surface area (Å²) >= 11 is 12.8. The van der Waals surface area contributed by atoms with Crippen molar-refractivity contribution in [3.8, 4) is 0 Å². The predicted octanol–water partition coefficient (Wildman–Crippen LogP) is 5.13. The Kier molecular flexibility index (Phi) is 9.97. The van der Waals surface area contributed by atoms with Gasteiger partial charge in [0, 0.05) is 18.1 Å². The Hall–Kier alpha value is -3.07. The maximum absolute atomic E-state index is 13.9. The van der Waals surface area contributed by atoms with Crippen molar-refractivity contribution in [2.45, 2.75) is 37.8 Å². The first-order chi connectivity index (χ1) is 17.7. The molecule has 1 atom stereocenters. The van der Waals surface area contributed by atoms with Crippen LogP contribution >= 0.6 is 23.2 Å². The van der Waals surface area contributed by atoms with Crippen LogP contribution in [0.1, 0.15) is 25.8 Å². The zero-order valence-electron chi connectivity index (χ0n) is 20.6. The summed E-state index contributed by atoms with van der Waals surface area (Å²) in [6, 6.07) is 20.4. The van der Waals surface area contributed by atoms with Crippen LogP contribution in [-0.4, -0.2) is 44.3 Å². The van der Waals surface area contributed by atoms with E-state index in [-0.39, 0.29) is 28.1 Å².